The summed E-state index contributed by atoms with van der Waals surface area (Å²) in [7, 11) is -3.88. The van der Waals surface area contributed by atoms with Crippen molar-refractivity contribution in [3.63, 3.8) is 0 Å². The first-order valence-electron chi connectivity index (χ1n) is 8.97. The lowest BCUT2D eigenvalue weighted by molar-refractivity contribution is 0.102. The summed E-state index contributed by atoms with van der Waals surface area (Å²) >= 11 is 0. The van der Waals surface area contributed by atoms with Crippen LogP contribution in [0.25, 0.3) is 0 Å². The van der Waals surface area contributed by atoms with Gasteiger partial charge in [0.05, 0.1) is 10.6 Å². The van der Waals surface area contributed by atoms with Crippen molar-refractivity contribution in [1.82, 2.24) is 0 Å². The highest BCUT2D eigenvalue weighted by atomic mass is 32.2. The van der Waals surface area contributed by atoms with E-state index in [0.717, 1.165) is 11.1 Å². The van der Waals surface area contributed by atoms with Crippen molar-refractivity contribution >= 4 is 27.3 Å². The summed E-state index contributed by atoms with van der Waals surface area (Å²) in [5.41, 5.74) is 3.24. The second kappa shape index (κ2) is 7.97. The molecule has 0 aliphatic heterocycles. The van der Waals surface area contributed by atoms with E-state index in [-0.39, 0.29) is 21.9 Å². The molecule has 0 fully saturated rings. The number of anilines is 2. The van der Waals surface area contributed by atoms with E-state index >= 15 is 0 Å². The van der Waals surface area contributed by atoms with Gasteiger partial charge in [-0.25, -0.2) is 8.42 Å². The smallest absolute Gasteiger partial charge is 0.262 e. The standard InChI is InChI=1S/C22H22N2O4S/c1-14-4-9-18(10-5-14)24-29(27,28)21-13-17(8-7-16(21)3)22(26)23-19-11-6-15(2)12-20(19)25/h4-13,24-25H,1-3H3,(H,23,26). The van der Waals surface area contributed by atoms with Gasteiger partial charge in [0.25, 0.3) is 15.9 Å². The Bertz CT molecular complexity index is 1170. The Morgan fingerprint density at radius 3 is 2.17 bits per heavy atom. The fourth-order valence-corrected chi connectivity index (χ4v) is 4.13. The molecular weight excluding hydrogens is 388 g/mol. The highest BCUT2D eigenvalue weighted by Gasteiger charge is 2.20. The number of aromatic hydroxyl groups is 1. The Balaban J connectivity index is 1.88. The number of hydrogen-bond donors (Lipinski definition) is 3. The predicted octanol–water partition coefficient (Wildman–Crippen LogP) is 4.37. The minimum Gasteiger partial charge on any atom is -0.506 e. The molecular formula is C22H22N2O4S. The first-order valence-corrected chi connectivity index (χ1v) is 10.4. The summed E-state index contributed by atoms with van der Waals surface area (Å²) < 4.78 is 28.2. The Morgan fingerprint density at radius 2 is 1.52 bits per heavy atom. The lowest BCUT2D eigenvalue weighted by Gasteiger charge is -2.13. The second-order valence-corrected chi connectivity index (χ2v) is 8.58. The van der Waals surface area contributed by atoms with Gasteiger partial charge in [-0.1, -0.05) is 29.8 Å². The van der Waals surface area contributed by atoms with Gasteiger partial charge in [0, 0.05) is 11.3 Å². The minimum atomic E-state index is -3.88. The molecule has 7 heteroatoms. The van der Waals surface area contributed by atoms with Crippen molar-refractivity contribution in [1.29, 1.82) is 0 Å². The maximum atomic E-state index is 12.8. The van der Waals surface area contributed by atoms with Crippen LogP contribution in [-0.2, 0) is 10.0 Å². The van der Waals surface area contributed by atoms with Crippen LogP contribution >= 0.6 is 0 Å². The summed E-state index contributed by atoms with van der Waals surface area (Å²) in [6.07, 6.45) is 0. The Labute approximate surface area is 170 Å². The number of carbonyl (C=O) groups excluding carboxylic acids is 1. The molecule has 6 nitrogen and oxygen atoms in total. The number of rotatable bonds is 5. The molecule has 0 bridgehead atoms. The van der Waals surface area contributed by atoms with Crippen LogP contribution in [0.2, 0.25) is 0 Å². The summed E-state index contributed by atoms with van der Waals surface area (Å²) in [5, 5.41) is 12.6. The minimum absolute atomic E-state index is 0.0128. The first-order chi connectivity index (χ1) is 13.7. The van der Waals surface area contributed by atoms with Gasteiger partial charge in [0.15, 0.2) is 0 Å². The van der Waals surface area contributed by atoms with Gasteiger partial charge >= 0.3 is 0 Å². The number of benzene rings is 3. The molecule has 0 atom stereocenters. The number of aryl methyl sites for hydroxylation is 3. The fourth-order valence-electron chi connectivity index (χ4n) is 2.80. The third-order valence-electron chi connectivity index (χ3n) is 4.45. The molecule has 0 unspecified atom stereocenters. The van der Waals surface area contributed by atoms with E-state index in [1.165, 1.54) is 12.1 Å². The molecule has 0 aliphatic rings. The van der Waals surface area contributed by atoms with E-state index in [9.17, 15) is 18.3 Å². The highest BCUT2D eigenvalue weighted by Crippen LogP contribution is 2.26. The molecule has 0 radical (unpaired) electrons. The van der Waals surface area contributed by atoms with Crippen molar-refractivity contribution in [2.24, 2.45) is 0 Å². The number of nitrogens with one attached hydrogen (secondary N) is 2. The van der Waals surface area contributed by atoms with Crippen molar-refractivity contribution in [3.8, 4) is 5.75 Å². The van der Waals surface area contributed by atoms with Gasteiger partial charge < -0.3 is 10.4 Å². The number of phenolic OH excluding ortho intramolecular Hbond substituents is 1. The van der Waals surface area contributed by atoms with Crippen LogP contribution in [0.4, 0.5) is 11.4 Å². The monoisotopic (exact) mass is 410 g/mol. The van der Waals surface area contributed by atoms with Gasteiger partial charge in [-0.05, 0) is 68.3 Å². The van der Waals surface area contributed by atoms with Crippen LogP contribution < -0.4 is 10.0 Å². The SMILES string of the molecule is Cc1ccc(NS(=O)(=O)c2cc(C(=O)Nc3ccc(C)cc3O)ccc2C)cc1. The number of sulfonamides is 1. The van der Waals surface area contributed by atoms with Gasteiger partial charge in [-0.3, -0.25) is 9.52 Å². The Hall–Kier alpha value is -3.32. The second-order valence-electron chi connectivity index (χ2n) is 6.93. The van der Waals surface area contributed by atoms with Gasteiger partial charge in [-0.15, -0.1) is 0 Å². The Kier molecular flexibility index (Phi) is 5.61. The molecule has 3 aromatic carbocycles. The largest absolute Gasteiger partial charge is 0.506 e. The highest BCUT2D eigenvalue weighted by molar-refractivity contribution is 7.92. The van der Waals surface area contributed by atoms with Gasteiger partial charge in [-0.2, -0.15) is 0 Å². The molecule has 0 saturated heterocycles. The lowest BCUT2D eigenvalue weighted by Crippen LogP contribution is -2.17. The maximum Gasteiger partial charge on any atom is 0.262 e. The van der Waals surface area contributed by atoms with E-state index in [1.54, 1.807) is 43.3 Å². The molecule has 29 heavy (non-hydrogen) atoms. The van der Waals surface area contributed by atoms with Gasteiger partial charge in [0.2, 0.25) is 0 Å². The number of amides is 1. The normalized spacial score (nSPS) is 11.1. The number of carbonyl (C=O) groups is 1. The van der Waals surface area contributed by atoms with E-state index < -0.39 is 15.9 Å². The van der Waals surface area contributed by atoms with Crippen LogP contribution in [0.1, 0.15) is 27.0 Å². The molecule has 0 aliphatic carbocycles. The van der Waals surface area contributed by atoms with Gasteiger partial charge in [0.1, 0.15) is 5.75 Å². The zero-order chi connectivity index (χ0) is 21.2. The topological polar surface area (TPSA) is 95.5 Å². The Morgan fingerprint density at radius 1 is 0.862 bits per heavy atom. The van der Waals surface area contributed by atoms with Crippen LogP contribution in [0, 0.1) is 20.8 Å². The van der Waals surface area contributed by atoms with Crippen LogP contribution in [0.3, 0.4) is 0 Å². The van der Waals surface area contributed by atoms with Crippen molar-refractivity contribution in [3.05, 3.63) is 82.9 Å². The molecule has 3 N–H and O–H groups in total. The summed E-state index contributed by atoms with van der Waals surface area (Å²) in [5.74, 6) is -0.574. The quantitative estimate of drug-likeness (QED) is 0.544. The molecule has 1 amide bonds. The third-order valence-corrected chi connectivity index (χ3v) is 5.97. The first kappa shape index (κ1) is 20.4. The predicted molar refractivity (Wildman–Crippen MR) is 114 cm³/mol. The van der Waals surface area contributed by atoms with Crippen LogP contribution in [0.5, 0.6) is 5.75 Å². The molecule has 0 aromatic heterocycles. The molecule has 0 heterocycles. The lowest BCUT2D eigenvalue weighted by atomic mass is 10.1. The maximum absolute atomic E-state index is 12.8. The number of phenols is 1. The van der Waals surface area contributed by atoms with E-state index in [2.05, 4.69) is 10.0 Å². The van der Waals surface area contributed by atoms with Crippen molar-refractivity contribution in [2.75, 3.05) is 10.0 Å². The summed E-state index contributed by atoms with van der Waals surface area (Å²) in [4.78, 5) is 12.6. The third kappa shape index (κ3) is 4.75. The summed E-state index contributed by atoms with van der Waals surface area (Å²) in [6.45, 7) is 5.40. The fraction of sp³-hybridized carbons (Fsp3) is 0.136. The summed E-state index contributed by atoms with van der Waals surface area (Å²) in [6, 6.07) is 16.3. The van der Waals surface area contributed by atoms with E-state index in [0.29, 0.717) is 11.3 Å². The zero-order valence-corrected chi connectivity index (χ0v) is 17.2. The average molecular weight is 410 g/mol. The molecule has 0 saturated carbocycles. The molecule has 0 spiro atoms. The average Bonchev–Trinajstić information content (AvgIpc) is 2.66. The number of hydrogen-bond acceptors (Lipinski definition) is 4. The van der Waals surface area contributed by atoms with E-state index in [4.69, 9.17) is 0 Å². The van der Waals surface area contributed by atoms with E-state index in [1.807, 2.05) is 26.0 Å². The zero-order valence-electron chi connectivity index (χ0n) is 16.4. The molecule has 150 valence electrons. The molecule has 3 rings (SSSR count). The van der Waals surface area contributed by atoms with Crippen molar-refractivity contribution < 1.29 is 18.3 Å². The molecule has 3 aromatic rings. The van der Waals surface area contributed by atoms with Crippen LogP contribution in [0.15, 0.2) is 65.6 Å². The van der Waals surface area contributed by atoms with Crippen molar-refractivity contribution in [2.45, 2.75) is 25.7 Å². The van der Waals surface area contributed by atoms with Crippen LogP contribution in [-0.4, -0.2) is 19.4 Å².